The normalized spacial score (nSPS) is 28.3. The summed E-state index contributed by atoms with van der Waals surface area (Å²) < 4.78 is 0. The van der Waals surface area contributed by atoms with Crippen LogP contribution in [0.2, 0.25) is 0 Å². The molecule has 2 aliphatic heterocycles. The molecule has 2 saturated heterocycles. The first kappa shape index (κ1) is 20.2. The van der Waals surface area contributed by atoms with Crippen molar-refractivity contribution >= 4 is 17.5 Å². The zero-order valence-electron chi connectivity index (χ0n) is 17.7. The molecule has 0 bridgehead atoms. The number of carbonyl (C=O) groups is 1. The van der Waals surface area contributed by atoms with Crippen LogP contribution >= 0.6 is 0 Å². The Bertz CT molecular complexity index is 904. The highest BCUT2D eigenvalue weighted by molar-refractivity contribution is 5.94. The van der Waals surface area contributed by atoms with Gasteiger partial charge in [-0.3, -0.25) is 9.78 Å². The number of pyridine rings is 1. The molecule has 31 heavy (non-hydrogen) atoms. The molecule has 0 spiro atoms. The van der Waals surface area contributed by atoms with Crippen molar-refractivity contribution in [3.05, 3.63) is 42.5 Å². The molecule has 4 atom stereocenters. The van der Waals surface area contributed by atoms with E-state index in [0.717, 1.165) is 63.2 Å². The molecule has 164 valence electrons. The first-order valence-corrected chi connectivity index (χ1v) is 11.4. The number of fused-ring (bicyclic) bond motifs is 1. The summed E-state index contributed by atoms with van der Waals surface area (Å²) in [6.07, 6.45) is 11.3. The van der Waals surface area contributed by atoms with Crippen LogP contribution in [-0.4, -0.2) is 69.2 Å². The maximum absolute atomic E-state index is 12.9. The molecule has 2 N–H and O–H groups in total. The third-order valence-corrected chi connectivity index (χ3v) is 7.00. The molecule has 3 aliphatic rings. The van der Waals surface area contributed by atoms with Crippen LogP contribution in [0, 0.1) is 11.8 Å². The molecule has 0 aromatic carbocycles. The second-order valence-electron chi connectivity index (χ2n) is 9.06. The van der Waals surface area contributed by atoms with Gasteiger partial charge >= 0.3 is 0 Å². The molecule has 5 rings (SSSR count). The fourth-order valence-corrected chi connectivity index (χ4v) is 5.34. The van der Waals surface area contributed by atoms with Crippen molar-refractivity contribution < 1.29 is 9.90 Å². The number of nitrogens with zero attached hydrogens (tertiary/aromatic N) is 5. The second kappa shape index (κ2) is 8.78. The molecule has 1 aliphatic carbocycles. The summed E-state index contributed by atoms with van der Waals surface area (Å²) in [6.45, 7) is 3.46. The first-order chi connectivity index (χ1) is 15.2. The number of hydrogen-bond donors (Lipinski definition) is 2. The van der Waals surface area contributed by atoms with E-state index in [2.05, 4.69) is 25.2 Å². The fourth-order valence-electron chi connectivity index (χ4n) is 5.34. The van der Waals surface area contributed by atoms with Gasteiger partial charge in [0.15, 0.2) is 0 Å². The van der Waals surface area contributed by atoms with Gasteiger partial charge in [-0.1, -0.05) is 0 Å². The van der Waals surface area contributed by atoms with E-state index in [4.69, 9.17) is 0 Å². The average Bonchev–Trinajstić information content (AvgIpc) is 3.23. The molecule has 4 heterocycles. The number of amides is 1. The summed E-state index contributed by atoms with van der Waals surface area (Å²) in [4.78, 5) is 30.1. The molecule has 0 unspecified atom stereocenters. The lowest BCUT2D eigenvalue weighted by atomic mass is 9.77. The minimum atomic E-state index is -0.414. The van der Waals surface area contributed by atoms with E-state index in [-0.39, 0.29) is 11.9 Å². The van der Waals surface area contributed by atoms with Gasteiger partial charge in [-0.2, -0.15) is 0 Å². The van der Waals surface area contributed by atoms with Gasteiger partial charge in [-0.25, -0.2) is 9.97 Å². The van der Waals surface area contributed by atoms with Crippen LogP contribution in [0.4, 0.5) is 11.6 Å². The van der Waals surface area contributed by atoms with Crippen LogP contribution in [-0.2, 0) is 0 Å². The lowest BCUT2D eigenvalue weighted by molar-refractivity contribution is 0.0723. The number of aliphatic hydroxyl groups excluding tert-OH is 1. The standard InChI is InChI=1S/C23H30N6O2/c30-20-11-18-15-29(14-17(18)10-19(20)27-21-13-24-6-7-25-21)22-12-16(4-5-26-22)23(31)28-8-2-1-3-9-28/h4-7,12-13,17-20,30H,1-3,8-11,14-15H2,(H,25,27)/t17-,18+,19-,20-/m1/s1. The van der Waals surface area contributed by atoms with Crippen LogP contribution in [0.3, 0.4) is 0 Å². The summed E-state index contributed by atoms with van der Waals surface area (Å²) in [5, 5.41) is 14.1. The number of carbonyl (C=O) groups excluding carboxylic acids is 1. The lowest BCUT2D eigenvalue weighted by Gasteiger charge is -2.35. The Labute approximate surface area is 182 Å². The van der Waals surface area contributed by atoms with Gasteiger partial charge in [0, 0.05) is 50.3 Å². The molecule has 3 fully saturated rings. The van der Waals surface area contributed by atoms with Crippen molar-refractivity contribution in [3.8, 4) is 0 Å². The van der Waals surface area contributed by atoms with Gasteiger partial charge in [0.05, 0.1) is 18.3 Å². The maximum atomic E-state index is 12.9. The molecule has 1 saturated carbocycles. The lowest BCUT2D eigenvalue weighted by Crippen LogP contribution is -2.43. The molecular weight excluding hydrogens is 392 g/mol. The first-order valence-electron chi connectivity index (χ1n) is 11.4. The number of likely N-dealkylation sites (tertiary alicyclic amines) is 1. The minimum Gasteiger partial charge on any atom is -0.391 e. The number of anilines is 2. The third-order valence-electron chi connectivity index (χ3n) is 7.00. The Morgan fingerprint density at radius 3 is 2.61 bits per heavy atom. The summed E-state index contributed by atoms with van der Waals surface area (Å²) in [6, 6.07) is 3.74. The molecule has 8 heteroatoms. The highest BCUT2D eigenvalue weighted by Crippen LogP contribution is 2.38. The second-order valence-corrected chi connectivity index (χ2v) is 9.06. The number of rotatable bonds is 4. The zero-order chi connectivity index (χ0) is 21.2. The number of aromatic nitrogens is 3. The zero-order valence-corrected chi connectivity index (χ0v) is 17.7. The predicted molar refractivity (Wildman–Crippen MR) is 118 cm³/mol. The van der Waals surface area contributed by atoms with Crippen molar-refractivity contribution in [2.45, 2.75) is 44.2 Å². The van der Waals surface area contributed by atoms with Gasteiger partial charge < -0.3 is 20.2 Å². The Hall–Kier alpha value is -2.74. The van der Waals surface area contributed by atoms with Crippen molar-refractivity contribution in [3.63, 3.8) is 0 Å². The van der Waals surface area contributed by atoms with E-state index in [1.54, 1.807) is 24.8 Å². The van der Waals surface area contributed by atoms with Crippen molar-refractivity contribution in [1.82, 2.24) is 19.9 Å². The van der Waals surface area contributed by atoms with E-state index in [9.17, 15) is 9.90 Å². The molecule has 2 aromatic rings. The number of piperidine rings is 1. The van der Waals surface area contributed by atoms with E-state index < -0.39 is 6.10 Å². The van der Waals surface area contributed by atoms with Crippen LogP contribution < -0.4 is 10.2 Å². The molecule has 0 radical (unpaired) electrons. The fraction of sp³-hybridized carbons (Fsp3) is 0.565. The Morgan fingerprint density at radius 1 is 1.03 bits per heavy atom. The van der Waals surface area contributed by atoms with Gasteiger partial charge in [0.25, 0.3) is 5.91 Å². The number of hydrogen-bond acceptors (Lipinski definition) is 7. The Kier molecular flexibility index (Phi) is 5.72. The highest BCUT2D eigenvalue weighted by atomic mass is 16.3. The van der Waals surface area contributed by atoms with Crippen LogP contribution in [0.1, 0.15) is 42.5 Å². The van der Waals surface area contributed by atoms with Gasteiger partial charge in [-0.15, -0.1) is 0 Å². The summed E-state index contributed by atoms with van der Waals surface area (Å²) in [7, 11) is 0. The van der Waals surface area contributed by atoms with Crippen LogP contribution in [0.15, 0.2) is 36.9 Å². The molecule has 1 amide bonds. The Morgan fingerprint density at radius 2 is 1.84 bits per heavy atom. The van der Waals surface area contributed by atoms with Crippen LogP contribution in [0.25, 0.3) is 0 Å². The Balaban J connectivity index is 1.25. The number of nitrogens with one attached hydrogen (secondary N) is 1. The predicted octanol–water partition coefficient (Wildman–Crippen LogP) is 2.19. The van der Waals surface area contributed by atoms with E-state index in [1.807, 2.05) is 17.0 Å². The number of aliphatic hydroxyl groups is 1. The largest absolute Gasteiger partial charge is 0.391 e. The summed E-state index contributed by atoms with van der Waals surface area (Å²) in [5.41, 5.74) is 0.726. The third kappa shape index (κ3) is 4.35. The maximum Gasteiger partial charge on any atom is 0.254 e. The monoisotopic (exact) mass is 422 g/mol. The van der Waals surface area contributed by atoms with E-state index in [1.165, 1.54) is 6.42 Å². The quantitative estimate of drug-likeness (QED) is 0.780. The van der Waals surface area contributed by atoms with Gasteiger partial charge in [0.1, 0.15) is 11.6 Å². The van der Waals surface area contributed by atoms with E-state index in [0.29, 0.717) is 17.7 Å². The summed E-state index contributed by atoms with van der Waals surface area (Å²) in [5.74, 6) is 2.58. The van der Waals surface area contributed by atoms with Crippen molar-refractivity contribution in [2.24, 2.45) is 11.8 Å². The molecule has 8 nitrogen and oxygen atoms in total. The van der Waals surface area contributed by atoms with Gasteiger partial charge in [0.2, 0.25) is 0 Å². The van der Waals surface area contributed by atoms with E-state index >= 15 is 0 Å². The smallest absolute Gasteiger partial charge is 0.254 e. The minimum absolute atomic E-state index is 0.0297. The van der Waals surface area contributed by atoms with Crippen molar-refractivity contribution in [2.75, 3.05) is 36.4 Å². The molecular formula is C23H30N6O2. The van der Waals surface area contributed by atoms with Gasteiger partial charge in [-0.05, 0) is 56.1 Å². The topological polar surface area (TPSA) is 94.5 Å². The van der Waals surface area contributed by atoms with Crippen LogP contribution in [0.5, 0.6) is 0 Å². The SMILES string of the molecule is O=C(c1ccnc(N2C[C@H]3C[C@@H](Nc4cnccn4)[C@H](O)C[C@H]3C2)c1)N1CCCCC1. The highest BCUT2D eigenvalue weighted by Gasteiger charge is 2.42. The summed E-state index contributed by atoms with van der Waals surface area (Å²) >= 11 is 0. The average molecular weight is 423 g/mol. The molecule has 2 aromatic heterocycles. The van der Waals surface area contributed by atoms with Crippen molar-refractivity contribution in [1.29, 1.82) is 0 Å².